The van der Waals surface area contributed by atoms with Crippen LogP contribution in [0, 0.1) is 11.3 Å². The third kappa shape index (κ3) is 1.51. The molecule has 0 amide bonds. The molecule has 2 heteroatoms. The van der Waals surface area contributed by atoms with Gasteiger partial charge in [0.15, 0.2) is 0 Å². The van der Waals surface area contributed by atoms with Crippen molar-refractivity contribution in [2.24, 2.45) is 0 Å². The normalized spacial score (nSPS) is 19.2. The molecule has 0 aromatic rings. The van der Waals surface area contributed by atoms with Gasteiger partial charge in [-0.15, -0.1) is 0 Å². The monoisotopic (exact) mass is 136 g/mol. The Kier molecular flexibility index (Phi) is 2.33. The second-order valence-electron chi connectivity index (χ2n) is 2.61. The van der Waals surface area contributed by atoms with Gasteiger partial charge in [0.1, 0.15) is 0 Å². The predicted octanol–water partition coefficient (Wildman–Crippen LogP) is 1.51. The molecule has 1 aliphatic rings. The van der Waals surface area contributed by atoms with Gasteiger partial charge in [0.25, 0.3) is 0 Å². The topological polar surface area (TPSA) is 27.0 Å². The Morgan fingerprint density at radius 3 is 2.60 bits per heavy atom. The fourth-order valence-corrected chi connectivity index (χ4v) is 1.25. The van der Waals surface area contributed by atoms with E-state index in [9.17, 15) is 0 Å². The summed E-state index contributed by atoms with van der Waals surface area (Å²) in [6.45, 7) is 4.25. The molecule has 0 spiro atoms. The molecule has 1 rings (SSSR count). The molecule has 0 atom stereocenters. The Bertz CT molecular complexity index is 170. The molecule has 0 aromatic carbocycles. The molecule has 0 aromatic heterocycles. The molecule has 54 valence electrons. The van der Waals surface area contributed by atoms with E-state index in [-0.39, 0.29) is 0 Å². The smallest absolute Gasteiger partial charge is 0.0930 e. The lowest BCUT2D eigenvalue weighted by Crippen LogP contribution is -2.15. The van der Waals surface area contributed by atoms with Crippen molar-refractivity contribution in [2.45, 2.75) is 19.8 Å². The third-order valence-corrected chi connectivity index (χ3v) is 1.88. The highest BCUT2D eigenvalue weighted by molar-refractivity contribution is 5.10. The standard InChI is InChI=1S/C8H12N2/c1-8(4-5-9)10-6-2-3-7-10/h4H,2-3,6-7H2,1H3/b8-4-. The first kappa shape index (κ1) is 7.14. The number of likely N-dealkylation sites (tertiary alicyclic amines) is 1. The molecule has 1 aliphatic heterocycles. The van der Waals surface area contributed by atoms with Crippen LogP contribution in [0.2, 0.25) is 0 Å². The number of nitrogens with zero attached hydrogens (tertiary/aromatic N) is 2. The van der Waals surface area contributed by atoms with Crippen molar-refractivity contribution in [3.63, 3.8) is 0 Å². The minimum absolute atomic E-state index is 1.11. The van der Waals surface area contributed by atoms with Gasteiger partial charge in [-0.25, -0.2) is 0 Å². The van der Waals surface area contributed by atoms with Crippen LogP contribution in [0.1, 0.15) is 19.8 Å². The van der Waals surface area contributed by atoms with E-state index in [4.69, 9.17) is 5.26 Å². The first-order chi connectivity index (χ1) is 4.84. The quantitative estimate of drug-likeness (QED) is 0.511. The zero-order valence-electron chi connectivity index (χ0n) is 6.30. The van der Waals surface area contributed by atoms with Gasteiger partial charge in [-0.2, -0.15) is 5.26 Å². The first-order valence-corrected chi connectivity index (χ1v) is 3.66. The van der Waals surface area contributed by atoms with E-state index in [1.807, 2.05) is 13.0 Å². The largest absolute Gasteiger partial charge is 0.374 e. The number of nitriles is 1. The number of hydrogen-bond acceptors (Lipinski definition) is 2. The summed E-state index contributed by atoms with van der Waals surface area (Å²) in [6, 6.07) is 2.04. The first-order valence-electron chi connectivity index (χ1n) is 3.66. The number of allylic oxidation sites excluding steroid dienone is 2. The van der Waals surface area contributed by atoms with Crippen LogP contribution >= 0.6 is 0 Å². The van der Waals surface area contributed by atoms with E-state index in [1.165, 1.54) is 12.8 Å². The highest BCUT2D eigenvalue weighted by Gasteiger charge is 2.10. The second-order valence-corrected chi connectivity index (χ2v) is 2.61. The lowest BCUT2D eigenvalue weighted by atomic mass is 10.4. The van der Waals surface area contributed by atoms with Gasteiger partial charge in [0.05, 0.1) is 6.07 Å². The van der Waals surface area contributed by atoms with Gasteiger partial charge >= 0.3 is 0 Å². The molecule has 0 unspecified atom stereocenters. The van der Waals surface area contributed by atoms with Crippen LogP contribution in [0.5, 0.6) is 0 Å². The minimum Gasteiger partial charge on any atom is -0.374 e. The summed E-state index contributed by atoms with van der Waals surface area (Å²) in [5.41, 5.74) is 1.11. The Balaban J connectivity index is 2.49. The minimum atomic E-state index is 1.11. The van der Waals surface area contributed by atoms with Crippen LogP contribution in [0.4, 0.5) is 0 Å². The van der Waals surface area contributed by atoms with E-state index in [2.05, 4.69) is 4.90 Å². The summed E-state index contributed by atoms with van der Waals surface area (Å²) < 4.78 is 0. The van der Waals surface area contributed by atoms with Crippen molar-refractivity contribution in [2.75, 3.05) is 13.1 Å². The predicted molar refractivity (Wildman–Crippen MR) is 40.2 cm³/mol. The zero-order valence-corrected chi connectivity index (χ0v) is 6.30. The van der Waals surface area contributed by atoms with Crippen molar-refractivity contribution in [3.05, 3.63) is 11.8 Å². The van der Waals surface area contributed by atoms with Crippen LogP contribution in [0.15, 0.2) is 11.8 Å². The van der Waals surface area contributed by atoms with Gasteiger partial charge in [0.2, 0.25) is 0 Å². The average molecular weight is 136 g/mol. The Hall–Kier alpha value is -0.970. The van der Waals surface area contributed by atoms with Crippen LogP contribution in [-0.2, 0) is 0 Å². The van der Waals surface area contributed by atoms with E-state index >= 15 is 0 Å². The molecule has 1 heterocycles. The van der Waals surface area contributed by atoms with Gasteiger partial charge in [-0.1, -0.05) is 0 Å². The highest BCUT2D eigenvalue weighted by atomic mass is 15.1. The van der Waals surface area contributed by atoms with Crippen LogP contribution in [-0.4, -0.2) is 18.0 Å². The van der Waals surface area contributed by atoms with Crippen molar-refractivity contribution < 1.29 is 0 Å². The van der Waals surface area contributed by atoms with Gasteiger partial charge in [-0.3, -0.25) is 0 Å². The molecule has 1 saturated heterocycles. The van der Waals surface area contributed by atoms with Gasteiger partial charge in [0, 0.05) is 24.9 Å². The van der Waals surface area contributed by atoms with E-state index in [0.717, 1.165) is 18.8 Å². The highest BCUT2D eigenvalue weighted by Crippen LogP contribution is 2.12. The summed E-state index contributed by atoms with van der Waals surface area (Å²) >= 11 is 0. The Morgan fingerprint density at radius 1 is 1.50 bits per heavy atom. The summed E-state index contributed by atoms with van der Waals surface area (Å²) in [6.07, 6.45) is 4.17. The van der Waals surface area contributed by atoms with Crippen LogP contribution < -0.4 is 0 Å². The van der Waals surface area contributed by atoms with E-state index in [0.29, 0.717) is 0 Å². The van der Waals surface area contributed by atoms with Crippen molar-refractivity contribution in [1.82, 2.24) is 4.90 Å². The molecular weight excluding hydrogens is 124 g/mol. The Labute approximate surface area is 61.8 Å². The molecule has 0 radical (unpaired) electrons. The lowest BCUT2D eigenvalue weighted by molar-refractivity contribution is 0.428. The summed E-state index contributed by atoms with van der Waals surface area (Å²) in [7, 11) is 0. The van der Waals surface area contributed by atoms with E-state index < -0.39 is 0 Å². The second kappa shape index (κ2) is 3.26. The van der Waals surface area contributed by atoms with Crippen LogP contribution in [0.3, 0.4) is 0 Å². The SMILES string of the molecule is C/C(=C/C#N)N1CCCC1. The summed E-state index contributed by atoms with van der Waals surface area (Å²) in [4.78, 5) is 2.25. The molecule has 0 N–H and O–H groups in total. The molecule has 0 saturated carbocycles. The maximum absolute atomic E-state index is 8.34. The Morgan fingerprint density at radius 2 is 2.10 bits per heavy atom. The fourth-order valence-electron chi connectivity index (χ4n) is 1.25. The van der Waals surface area contributed by atoms with Crippen molar-refractivity contribution >= 4 is 0 Å². The van der Waals surface area contributed by atoms with Crippen molar-refractivity contribution in [1.29, 1.82) is 5.26 Å². The molecular formula is C8H12N2. The van der Waals surface area contributed by atoms with Crippen molar-refractivity contribution in [3.8, 4) is 6.07 Å². The molecule has 1 fully saturated rings. The molecule has 10 heavy (non-hydrogen) atoms. The molecule has 0 bridgehead atoms. The van der Waals surface area contributed by atoms with Crippen LogP contribution in [0.25, 0.3) is 0 Å². The maximum atomic E-state index is 8.34. The summed E-state index contributed by atoms with van der Waals surface area (Å²) in [5.74, 6) is 0. The average Bonchev–Trinajstić information content (AvgIpc) is 2.38. The van der Waals surface area contributed by atoms with E-state index in [1.54, 1.807) is 6.08 Å². The third-order valence-electron chi connectivity index (χ3n) is 1.88. The summed E-state index contributed by atoms with van der Waals surface area (Å²) in [5, 5.41) is 8.34. The van der Waals surface area contributed by atoms with Gasteiger partial charge in [-0.05, 0) is 19.8 Å². The molecule has 0 aliphatic carbocycles. The number of hydrogen-bond donors (Lipinski definition) is 0. The van der Waals surface area contributed by atoms with Gasteiger partial charge < -0.3 is 4.90 Å². The fraction of sp³-hybridized carbons (Fsp3) is 0.625. The zero-order chi connectivity index (χ0) is 7.40. The maximum Gasteiger partial charge on any atom is 0.0930 e. The number of rotatable bonds is 1. The molecule has 2 nitrogen and oxygen atoms in total. The lowest BCUT2D eigenvalue weighted by Gasteiger charge is -2.16.